The molecule has 0 bridgehead atoms. The lowest BCUT2D eigenvalue weighted by Gasteiger charge is -2.12. The number of rotatable bonds is 5. The van der Waals surface area contributed by atoms with Gasteiger partial charge >= 0.3 is 0 Å². The number of aryl methyl sites for hydroxylation is 2. The van der Waals surface area contributed by atoms with Gasteiger partial charge in [0.2, 0.25) is 5.95 Å². The summed E-state index contributed by atoms with van der Waals surface area (Å²) in [6.45, 7) is 3.45. The molecule has 0 fully saturated rings. The van der Waals surface area contributed by atoms with Gasteiger partial charge < -0.3 is 10.2 Å². The minimum Gasteiger partial charge on any atom is -0.399 e. The molecule has 3 rings (SSSR count). The van der Waals surface area contributed by atoms with Crippen molar-refractivity contribution in [1.82, 2.24) is 9.78 Å². The van der Waals surface area contributed by atoms with E-state index in [1.807, 2.05) is 49.4 Å². The maximum atomic E-state index is 14.2. The molecule has 28 heavy (non-hydrogen) atoms. The first-order valence-corrected chi connectivity index (χ1v) is 8.70. The normalized spacial score (nSPS) is 11.4. The third-order valence-electron chi connectivity index (χ3n) is 4.37. The number of carbonyl (C=O) groups is 1. The fraction of sp³-hybridized carbons (Fsp3) is 0.190. The van der Waals surface area contributed by atoms with Crippen molar-refractivity contribution in [3.05, 3.63) is 71.3 Å². The highest BCUT2D eigenvalue weighted by molar-refractivity contribution is 6.07. The highest BCUT2D eigenvalue weighted by atomic mass is 19.1. The number of oxime groups is 1. The highest BCUT2D eigenvalue weighted by Gasteiger charge is 2.21. The van der Waals surface area contributed by atoms with Crippen molar-refractivity contribution in [2.24, 2.45) is 12.2 Å². The SMILES string of the molecule is CON=C(C)c1cccc(-c2ccccc2NC(=O)c2c(C)nn(C)c2F)c1. The quantitative estimate of drug-likeness (QED) is 0.534. The van der Waals surface area contributed by atoms with Crippen molar-refractivity contribution < 1.29 is 14.0 Å². The molecule has 6 nitrogen and oxygen atoms in total. The Morgan fingerprint density at radius 3 is 2.64 bits per heavy atom. The van der Waals surface area contributed by atoms with Crippen molar-refractivity contribution in [1.29, 1.82) is 0 Å². The Hall–Kier alpha value is -3.48. The second kappa shape index (κ2) is 8.04. The average molecular weight is 380 g/mol. The average Bonchev–Trinajstić information content (AvgIpc) is 2.94. The summed E-state index contributed by atoms with van der Waals surface area (Å²) >= 11 is 0. The van der Waals surface area contributed by atoms with Crippen LogP contribution in [0.3, 0.4) is 0 Å². The number of para-hydroxylation sites is 1. The third-order valence-corrected chi connectivity index (χ3v) is 4.37. The molecule has 0 spiro atoms. The molecule has 0 aliphatic rings. The molecule has 0 unspecified atom stereocenters. The van der Waals surface area contributed by atoms with Crippen LogP contribution in [0.1, 0.15) is 28.5 Å². The van der Waals surface area contributed by atoms with Crippen LogP contribution in [0.5, 0.6) is 0 Å². The van der Waals surface area contributed by atoms with Crippen LogP contribution in [0, 0.1) is 12.9 Å². The maximum absolute atomic E-state index is 14.2. The number of nitrogens with one attached hydrogen (secondary N) is 1. The van der Waals surface area contributed by atoms with Gasteiger partial charge in [0.15, 0.2) is 0 Å². The van der Waals surface area contributed by atoms with E-state index in [-0.39, 0.29) is 5.56 Å². The summed E-state index contributed by atoms with van der Waals surface area (Å²) in [5.74, 6) is -1.20. The molecule has 3 aromatic rings. The van der Waals surface area contributed by atoms with Gasteiger partial charge in [0.1, 0.15) is 12.7 Å². The molecular formula is C21H21FN4O2. The molecule has 0 aliphatic heterocycles. The second-order valence-electron chi connectivity index (χ2n) is 6.31. The van der Waals surface area contributed by atoms with Gasteiger partial charge in [0.05, 0.1) is 11.4 Å². The lowest BCUT2D eigenvalue weighted by atomic mass is 9.99. The number of hydrogen-bond acceptors (Lipinski definition) is 4. The summed E-state index contributed by atoms with van der Waals surface area (Å²) in [4.78, 5) is 17.5. The van der Waals surface area contributed by atoms with Gasteiger partial charge in [0, 0.05) is 18.3 Å². The Labute approximate surface area is 162 Å². The zero-order valence-electron chi connectivity index (χ0n) is 16.2. The first-order chi connectivity index (χ1) is 13.4. The number of carbonyl (C=O) groups excluding carboxylic acids is 1. The third kappa shape index (κ3) is 3.78. The van der Waals surface area contributed by atoms with Gasteiger partial charge in [-0.15, -0.1) is 0 Å². The van der Waals surface area contributed by atoms with Gasteiger partial charge in [-0.05, 0) is 37.1 Å². The molecule has 1 aromatic heterocycles. The van der Waals surface area contributed by atoms with Gasteiger partial charge in [-0.25, -0.2) is 4.68 Å². The monoisotopic (exact) mass is 380 g/mol. The van der Waals surface area contributed by atoms with E-state index in [9.17, 15) is 9.18 Å². The molecule has 1 heterocycles. The Morgan fingerprint density at radius 1 is 1.21 bits per heavy atom. The van der Waals surface area contributed by atoms with Crippen LogP contribution >= 0.6 is 0 Å². The van der Waals surface area contributed by atoms with E-state index >= 15 is 0 Å². The van der Waals surface area contributed by atoms with E-state index in [1.165, 1.54) is 14.2 Å². The van der Waals surface area contributed by atoms with Gasteiger partial charge in [-0.3, -0.25) is 4.79 Å². The van der Waals surface area contributed by atoms with Gasteiger partial charge in [0.25, 0.3) is 5.91 Å². The van der Waals surface area contributed by atoms with Crippen LogP contribution in [0.4, 0.5) is 10.1 Å². The summed E-state index contributed by atoms with van der Waals surface area (Å²) in [5.41, 5.74) is 4.19. The smallest absolute Gasteiger partial charge is 0.262 e. The zero-order valence-corrected chi connectivity index (χ0v) is 16.2. The number of halogens is 1. The standard InChI is InChI=1S/C21H21FN4O2/c1-13(25-28-4)15-8-7-9-16(12-15)17-10-5-6-11-18(17)23-21(27)19-14(2)24-26(3)20(19)22/h5-12H,1-4H3,(H,23,27). The molecule has 0 aliphatic carbocycles. The molecule has 0 saturated heterocycles. The fourth-order valence-electron chi connectivity index (χ4n) is 3.02. The summed E-state index contributed by atoms with van der Waals surface area (Å²) < 4.78 is 15.3. The number of benzene rings is 2. The van der Waals surface area contributed by atoms with Crippen LogP contribution in [-0.2, 0) is 11.9 Å². The summed E-state index contributed by atoms with van der Waals surface area (Å²) in [5, 5.41) is 10.7. The van der Waals surface area contributed by atoms with Crippen molar-refractivity contribution in [3.63, 3.8) is 0 Å². The molecule has 1 N–H and O–H groups in total. The van der Waals surface area contributed by atoms with Crippen molar-refractivity contribution in [2.45, 2.75) is 13.8 Å². The first kappa shape index (κ1) is 19.3. The fourth-order valence-corrected chi connectivity index (χ4v) is 3.02. The molecule has 1 amide bonds. The molecule has 0 radical (unpaired) electrons. The molecule has 2 aromatic carbocycles. The molecule has 0 saturated carbocycles. The largest absolute Gasteiger partial charge is 0.399 e. The molecular weight excluding hydrogens is 359 g/mol. The lowest BCUT2D eigenvalue weighted by Crippen LogP contribution is -2.15. The minimum absolute atomic E-state index is 0.0610. The molecule has 7 heteroatoms. The van der Waals surface area contributed by atoms with Crippen LogP contribution in [0.2, 0.25) is 0 Å². The number of hydrogen-bond donors (Lipinski definition) is 1. The Kier molecular flexibility index (Phi) is 5.54. The van der Waals surface area contributed by atoms with Crippen molar-refractivity contribution >= 4 is 17.3 Å². The predicted molar refractivity (Wildman–Crippen MR) is 107 cm³/mol. The second-order valence-corrected chi connectivity index (χ2v) is 6.31. The van der Waals surface area contributed by atoms with E-state index in [2.05, 4.69) is 15.6 Å². The van der Waals surface area contributed by atoms with Crippen LogP contribution in [0.15, 0.2) is 53.7 Å². The Bertz CT molecular complexity index is 1060. The first-order valence-electron chi connectivity index (χ1n) is 8.70. The molecule has 0 atom stereocenters. The van der Waals surface area contributed by atoms with E-state index in [1.54, 1.807) is 13.0 Å². The summed E-state index contributed by atoms with van der Waals surface area (Å²) in [6, 6.07) is 15.1. The van der Waals surface area contributed by atoms with Crippen molar-refractivity contribution in [2.75, 3.05) is 12.4 Å². The van der Waals surface area contributed by atoms with E-state index in [4.69, 9.17) is 4.84 Å². The van der Waals surface area contributed by atoms with E-state index in [0.717, 1.165) is 27.1 Å². The lowest BCUT2D eigenvalue weighted by molar-refractivity contribution is 0.102. The van der Waals surface area contributed by atoms with E-state index < -0.39 is 11.9 Å². The topological polar surface area (TPSA) is 68.5 Å². The van der Waals surface area contributed by atoms with E-state index in [0.29, 0.717) is 11.4 Å². The predicted octanol–water partition coefficient (Wildman–Crippen LogP) is 4.16. The number of amides is 1. The molecule has 144 valence electrons. The summed E-state index contributed by atoms with van der Waals surface area (Å²) in [7, 11) is 2.96. The van der Waals surface area contributed by atoms with Gasteiger partial charge in [-0.1, -0.05) is 41.6 Å². The number of aromatic nitrogens is 2. The maximum Gasteiger partial charge on any atom is 0.262 e. The minimum atomic E-state index is -0.666. The summed E-state index contributed by atoms with van der Waals surface area (Å²) in [6.07, 6.45) is 0. The van der Waals surface area contributed by atoms with Crippen LogP contribution < -0.4 is 5.32 Å². The van der Waals surface area contributed by atoms with Crippen LogP contribution in [-0.4, -0.2) is 28.5 Å². The highest BCUT2D eigenvalue weighted by Crippen LogP contribution is 2.29. The number of nitrogens with zero attached hydrogens (tertiary/aromatic N) is 3. The number of anilines is 1. The van der Waals surface area contributed by atoms with Crippen LogP contribution in [0.25, 0.3) is 11.1 Å². The van der Waals surface area contributed by atoms with Gasteiger partial charge in [-0.2, -0.15) is 9.49 Å². The Balaban J connectivity index is 1.97. The Morgan fingerprint density at radius 2 is 1.96 bits per heavy atom. The van der Waals surface area contributed by atoms with Crippen molar-refractivity contribution in [3.8, 4) is 11.1 Å². The zero-order chi connectivity index (χ0) is 20.3.